The average Bonchev–Trinajstić information content (AvgIpc) is 3.40. The van der Waals surface area contributed by atoms with Gasteiger partial charge in [0.05, 0.1) is 21.9 Å². The van der Waals surface area contributed by atoms with Crippen molar-refractivity contribution >= 4 is 35.2 Å². The third-order valence-corrected chi connectivity index (χ3v) is 7.02. The Kier molecular flexibility index (Phi) is 5.80. The molecule has 164 valence electrons. The van der Waals surface area contributed by atoms with E-state index in [2.05, 4.69) is 46.1 Å². The number of allylic oxidation sites excluding steroid dienone is 1. The summed E-state index contributed by atoms with van der Waals surface area (Å²) in [6, 6.07) is 11.8. The van der Waals surface area contributed by atoms with Crippen molar-refractivity contribution in [2.24, 2.45) is 7.05 Å². The van der Waals surface area contributed by atoms with Crippen LogP contribution in [0, 0.1) is 0 Å². The summed E-state index contributed by atoms with van der Waals surface area (Å²) < 4.78 is 1.67. The van der Waals surface area contributed by atoms with Crippen LogP contribution < -0.4 is 10.6 Å². The highest BCUT2D eigenvalue weighted by atomic mass is 35.5. The molecule has 0 radical (unpaired) electrons. The van der Waals surface area contributed by atoms with Crippen LogP contribution in [-0.4, -0.2) is 34.8 Å². The number of nitrogens with zero attached hydrogens (tertiary/aromatic N) is 2. The Balaban J connectivity index is 1.39. The molecule has 1 saturated heterocycles. The molecule has 5 rings (SSSR count). The zero-order valence-electron chi connectivity index (χ0n) is 17.7. The minimum absolute atomic E-state index is 0.00159. The van der Waals surface area contributed by atoms with Gasteiger partial charge < -0.3 is 10.6 Å². The second kappa shape index (κ2) is 8.74. The number of hydrogen-bond acceptors (Lipinski definition) is 3. The lowest BCUT2D eigenvalue weighted by Gasteiger charge is -2.34. The van der Waals surface area contributed by atoms with Crippen LogP contribution in [0.2, 0.25) is 10.0 Å². The summed E-state index contributed by atoms with van der Waals surface area (Å²) in [6.07, 6.45) is 7.97. The fraction of sp³-hybridized carbons (Fsp3) is 0.280. The maximum atomic E-state index is 13.2. The van der Waals surface area contributed by atoms with Gasteiger partial charge in [0.25, 0.3) is 5.91 Å². The monoisotopic (exact) mass is 466 g/mol. The minimum atomic E-state index is -0.128. The molecular weight excluding hydrogens is 443 g/mol. The van der Waals surface area contributed by atoms with Gasteiger partial charge in [-0.15, -0.1) is 0 Å². The number of aromatic nitrogens is 2. The zero-order valence-corrected chi connectivity index (χ0v) is 19.2. The Bertz CT molecular complexity index is 1200. The Hall–Kier alpha value is -2.60. The van der Waals surface area contributed by atoms with Gasteiger partial charge in [-0.1, -0.05) is 59.6 Å². The predicted octanol–water partition coefficient (Wildman–Crippen LogP) is 4.84. The molecule has 1 fully saturated rings. The molecule has 0 saturated carbocycles. The van der Waals surface area contributed by atoms with Crippen molar-refractivity contribution < 1.29 is 4.79 Å². The van der Waals surface area contributed by atoms with Gasteiger partial charge in [-0.3, -0.25) is 9.48 Å². The highest BCUT2D eigenvalue weighted by Crippen LogP contribution is 2.35. The summed E-state index contributed by atoms with van der Waals surface area (Å²) in [5.41, 5.74) is 6.01. The smallest absolute Gasteiger partial charge is 0.251 e. The van der Waals surface area contributed by atoms with E-state index in [0.29, 0.717) is 15.6 Å². The van der Waals surface area contributed by atoms with Crippen molar-refractivity contribution in [3.05, 3.63) is 81.0 Å². The van der Waals surface area contributed by atoms with Gasteiger partial charge in [0.2, 0.25) is 0 Å². The van der Waals surface area contributed by atoms with Crippen LogP contribution in [0.3, 0.4) is 0 Å². The Morgan fingerprint density at radius 3 is 2.88 bits per heavy atom. The Morgan fingerprint density at radius 2 is 2.09 bits per heavy atom. The minimum Gasteiger partial charge on any atom is -0.347 e. The third-order valence-electron chi connectivity index (χ3n) is 6.43. The molecule has 0 spiro atoms. The van der Waals surface area contributed by atoms with Crippen molar-refractivity contribution in [3.8, 4) is 11.3 Å². The average molecular weight is 467 g/mol. The van der Waals surface area contributed by atoms with Crippen LogP contribution in [0.25, 0.3) is 17.3 Å². The first-order valence-electron chi connectivity index (χ1n) is 10.8. The summed E-state index contributed by atoms with van der Waals surface area (Å²) in [5, 5.41) is 11.8. The number of piperidine rings is 1. The highest BCUT2D eigenvalue weighted by molar-refractivity contribution is 6.36. The lowest BCUT2D eigenvalue weighted by molar-refractivity contribution is 0.0924. The van der Waals surface area contributed by atoms with Gasteiger partial charge in [0.1, 0.15) is 0 Å². The van der Waals surface area contributed by atoms with E-state index in [1.807, 2.05) is 13.1 Å². The van der Waals surface area contributed by atoms with Crippen molar-refractivity contribution in [1.82, 2.24) is 20.4 Å². The molecule has 7 heteroatoms. The second-order valence-electron chi connectivity index (χ2n) is 8.37. The molecular formula is C25H24Cl2N4O. The predicted molar refractivity (Wildman–Crippen MR) is 129 cm³/mol. The molecule has 0 bridgehead atoms. The van der Waals surface area contributed by atoms with E-state index in [-0.39, 0.29) is 17.9 Å². The maximum absolute atomic E-state index is 13.2. The first-order valence-corrected chi connectivity index (χ1v) is 11.6. The van der Waals surface area contributed by atoms with E-state index in [4.69, 9.17) is 23.2 Å². The van der Waals surface area contributed by atoms with Crippen molar-refractivity contribution in [2.45, 2.75) is 24.8 Å². The molecule has 2 aromatic carbocycles. The molecule has 0 unspecified atom stereocenters. The van der Waals surface area contributed by atoms with Gasteiger partial charge in [0.15, 0.2) is 0 Å². The number of hydrogen-bond donors (Lipinski definition) is 2. The first kappa shape index (κ1) is 21.3. The zero-order chi connectivity index (χ0) is 22.2. The molecule has 2 atom stereocenters. The van der Waals surface area contributed by atoms with Crippen LogP contribution in [0.5, 0.6) is 0 Å². The molecule has 2 heterocycles. The van der Waals surface area contributed by atoms with Gasteiger partial charge >= 0.3 is 0 Å². The largest absolute Gasteiger partial charge is 0.347 e. The lowest BCUT2D eigenvalue weighted by atomic mass is 9.82. The Labute approximate surface area is 197 Å². The molecule has 1 aliphatic heterocycles. The SMILES string of the molecule is Cn1ncc(Cl)c1-c1ccc(C(=O)N[C@@H]2CNCC[C@H]2c2cccc3c2C=CC3)cc1Cl. The molecule has 32 heavy (non-hydrogen) atoms. The molecule has 5 nitrogen and oxygen atoms in total. The van der Waals surface area contributed by atoms with E-state index in [0.717, 1.165) is 37.2 Å². The molecule has 2 aliphatic rings. The van der Waals surface area contributed by atoms with E-state index < -0.39 is 0 Å². The number of aryl methyl sites for hydroxylation is 1. The number of carbonyl (C=O) groups excluding carboxylic acids is 1. The Morgan fingerprint density at radius 1 is 1.22 bits per heavy atom. The van der Waals surface area contributed by atoms with E-state index in [9.17, 15) is 4.79 Å². The number of fused-ring (bicyclic) bond motifs is 1. The summed E-state index contributed by atoms with van der Waals surface area (Å²) in [5.74, 6) is 0.136. The lowest BCUT2D eigenvalue weighted by Crippen LogP contribution is -2.50. The molecule has 2 N–H and O–H groups in total. The van der Waals surface area contributed by atoms with Gasteiger partial charge in [0, 0.05) is 36.7 Å². The van der Waals surface area contributed by atoms with E-state index in [1.54, 1.807) is 23.0 Å². The quantitative estimate of drug-likeness (QED) is 0.578. The van der Waals surface area contributed by atoms with Crippen molar-refractivity contribution in [1.29, 1.82) is 0 Å². The number of amides is 1. The van der Waals surface area contributed by atoms with Gasteiger partial charge in [-0.2, -0.15) is 5.10 Å². The number of halogens is 2. The van der Waals surface area contributed by atoms with Crippen molar-refractivity contribution in [3.63, 3.8) is 0 Å². The standard InChI is InChI=1S/C25H24Cl2N4O/c1-31-24(22(27)13-29-31)20-9-8-16(12-21(20)26)25(32)30-23-14-28-11-10-19(23)18-7-3-5-15-4-2-6-17(15)18/h2-3,5-9,12-13,19,23,28H,4,10-11,14H2,1H3,(H,30,32)/t19-,23+/m0/s1. The van der Waals surface area contributed by atoms with E-state index >= 15 is 0 Å². The molecule has 1 amide bonds. The normalized spacial score (nSPS) is 19.7. The third kappa shape index (κ3) is 3.85. The highest BCUT2D eigenvalue weighted by Gasteiger charge is 2.30. The topological polar surface area (TPSA) is 59.0 Å². The molecule has 1 aliphatic carbocycles. The number of nitrogens with one attached hydrogen (secondary N) is 2. The summed E-state index contributed by atoms with van der Waals surface area (Å²) in [7, 11) is 1.81. The van der Waals surface area contributed by atoms with Crippen LogP contribution in [-0.2, 0) is 13.5 Å². The summed E-state index contributed by atoms with van der Waals surface area (Å²) in [6.45, 7) is 1.68. The van der Waals surface area contributed by atoms with Crippen LogP contribution >= 0.6 is 23.2 Å². The second-order valence-corrected chi connectivity index (χ2v) is 9.18. The van der Waals surface area contributed by atoms with Crippen molar-refractivity contribution in [2.75, 3.05) is 13.1 Å². The van der Waals surface area contributed by atoms with Crippen LogP contribution in [0.15, 0.2) is 48.7 Å². The van der Waals surface area contributed by atoms with E-state index in [1.165, 1.54) is 16.7 Å². The maximum Gasteiger partial charge on any atom is 0.251 e. The number of benzene rings is 2. The fourth-order valence-corrected chi connectivity index (χ4v) is 5.38. The molecule has 1 aromatic heterocycles. The summed E-state index contributed by atoms with van der Waals surface area (Å²) >= 11 is 12.8. The van der Waals surface area contributed by atoms with Gasteiger partial charge in [-0.25, -0.2) is 0 Å². The fourth-order valence-electron chi connectivity index (χ4n) is 4.84. The van der Waals surface area contributed by atoms with Crippen LogP contribution in [0.1, 0.15) is 39.4 Å². The molecule has 3 aromatic rings. The first-order chi connectivity index (χ1) is 15.5. The summed E-state index contributed by atoms with van der Waals surface area (Å²) in [4.78, 5) is 13.2. The number of rotatable bonds is 4. The van der Waals surface area contributed by atoms with Gasteiger partial charge in [-0.05, 0) is 48.2 Å². The number of carbonyl (C=O) groups is 1. The van der Waals surface area contributed by atoms with Crippen LogP contribution in [0.4, 0.5) is 0 Å².